The molecule has 0 saturated carbocycles. The molecule has 0 fully saturated rings. The number of hydrogen-bond acceptors (Lipinski definition) is 2. The fourth-order valence-corrected chi connectivity index (χ4v) is 1.70. The lowest BCUT2D eigenvalue weighted by Gasteiger charge is -2.05. The van der Waals surface area contributed by atoms with Crippen LogP contribution < -0.4 is 5.32 Å². The van der Waals surface area contributed by atoms with Crippen molar-refractivity contribution in [1.82, 2.24) is 10.3 Å². The second kappa shape index (κ2) is 5.75. The maximum atomic E-state index is 12.9. The summed E-state index contributed by atoms with van der Waals surface area (Å²) in [6.45, 7) is 1.40. The molecule has 0 saturated heterocycles. The van der Waals surface area contributed by atoms with Crippen LogP contribution in [-0.4, -0.2) is 4.98 Å². The predicted octanol–water partition coefficient (Wildman–Crippen LogP) is 3.16. The Hall–Kier alpha value is -1.45. The van der Waals surface area contributed by atoms with Gasteiger partial charge in [-0.25, -0.2) is 4.39 Å². The number of benzene rings is 1. The molecule has 0 aliphatic carbocycles. The summed E-state index contributed by atoms with van der Waals surface area (Å²) in [7, 11) is 0. The van der Waals surface area contributed by atoms with Crippen LogP contribution in [0.4, 0.5) is 4.39 Å². The smallest absolute Gasteiger partial charge is 0.141 e. The molecule has 0 aliphatic rings. The Bertz CT molecular complexity index is 488. The van der Waals surface area contributed by atoms with Crippen molar-refractivity contribution < 1.29 is 4.39 Å². The third-order valence-electron chi connectivity index (χ3n) is 2.39. The molecule has 17 heavy (non-hydrogen) atoms. The minimum absolute atomic E-state index is 0.160. The first-order chi connectivity index (χ1) is 8.25. The molecule has 0 bridgehead atoms. The number of hydrogen-bond donors (Lipinski definition) is 1. The Kier molecular flexibility index (Phi) is 4.07. The van der Waals surface area contributed by atoms with Gasteiger partial charge in [0.15, 0.2) is 0 Å². The number of pyridine rings is 1. The van der Waals surface area contributed by atoms with Gasteiger partial charge in [0, 0.05) is 25.5 Å². The van der Waals surface area contributed by atoms with Crippen LogP contribution in [0.3, 0.4) is 0 Å². The summed E-state index contributed by atoms with van der Waals surface area (Å²) >= 11 is 5.70. The average molecular weight is 251 g/mol. The van der Waals surface area contributed by atoms with E-state index in [0.717, 1.165) is 17.7 Å². The SMILES string of the molecule is Fc1ccc(CNCc2ccncc2)cc1Cl. The lowest BCUT2D eigenvalue weighted by atomic mass is 10.2. The number of aromatic nitrogens is 1. The highest BCUT2D eigenvalue weighted by atomic mass is 35.5. The van der Waals surface area contributed by atoms with Crippen molar-refractivity contribution >= 4 is 11.6 Å². The Morgan fingerprint density at radius 1 is 1.06 bits per heavy atom. The average Bonchev–Trinajstić information content (AvgIpc) is 2.35. The van der Waals surface area contributed by atoms with E-state index in [1.54, 1.807) is 24.5 Å². The largest absolute Gasteiger partial charge is 0.309 e. The van der Waals surface area contributed by atoms with Crippen LogP contribution in [0.2, 0.25) is 5.02 Å². The van der Waals surface area contributed by atoms with Gasteiger partial charge in [-0.1, -0.05) is 17.7 Å². The van der Waals surface area contributed by atoms with E-state index in [0.29, 0.717) is 6.54 Å². The fraction of sp³-hybridized carbons (Fsp3) is 0.154. The highest BCUT2D eigenvalue weighted by molar-refractivity contribution is 6.30. The van der Waals surface area contributed by atoms with E-state index in [9.17, 15) is 4.39 Å². The molecule has 4 heteroatoms. The Labute approximate surface area is 104 Å². The zero-order valence-corrected chi connectivity index (χ0v) is 9.91. The van der Waals surface area contributed by atoms with Gasteiger partial charge in [-0.2, -0.15) is 0 Å². The van der Waals surface area contributed by atoms with Gasteiger partial charge >= 0.3 is 0 Å². The van der Waals surface area contributed by atoms with Crippen molar-refractivity contribution in [2.24, 2.45) is 0 Å². The van der Waals surface area contributed by atoms with E-state index in [1.165, 1.54) is 6.07 Å². The van der Waals surface area contributed by atoms with Crippen molar-refractivity contribution in [1.29, 1.82) is 0 Å². The summed E-state index contributed by atoms with van der Waals surface area (Å²) in [5.74, 6) is -0.385. The lowest BCUT2D eigenvalue weighted by Crippen LogP contribution is -2.12. The molecule has 1 aromatic carbocycles. The van der Waals surface area contributed by atoms with Crippen LogP contribution in [-0.2, 0) is 13.1 Å². The molecular formula is C13H12ClFN2. The molecule has 1 N–H and O–H groups in total. The van der Waals surface area contributed by atoms with Gasteiger partial charge in [0.05, 0.1) is 5.02 Å². The first kappa shape index (κ1) is 12.0. The first-order valence-corrected chi connectivity index (χ1v) is 5.67. The van der Waals surface area contributed by atoms with Gasteiger partial charge in [0.2, 0.25) is 0 Å². The highest BCUT2D eigenvalue weighted by Crippen LogP contribution is 2.15. The molecule has 2 aromatic rings. The minimum atomic E-state index is -0.385. The molecule has 0 atom stereocenters. The molecule has 0 radical (unpaired) electrons. The summed E-state index contributed by atoms with van der Waals surface area (Å²) in [4.78, 5) is 3.95. The molecule has 88 valence electrons. The van der Waals surface area contributed by atoms with Gasteiger partial charge in [-0.3, -0.25) is 4.98 Å². The first-order valence-electron chi connectivity index (χ1n) is 5.29. The maximum absolute atomic E-state index is 12.9. The molecular weight excluding hydrogens is 239 g/mol. The van der Waals surface area contributed by atoms with Crippen LogP contribution in [0.15, 0.2) is 42.7 Å². The molecule has 0 amide bonds. The quantitative estimate of drug-likeness (QED) is 0.902. The van der Waals surface area contributed by atoms with E-state index in [4.69, 9.17) is 11.6 Å². The number of halogens is 2. The predicted molar refractivity (Wildman–Crippen MR) is 66.2 cm³/mol. The maximum Gasteiger partial charge on any atom is 0.141 e. The van der Waals surface area contributed by atoms with Crippen LogP contribution in [0.5, 0.6) is 0 Å². The van der Waals surface area contributed by atoms with Gasteiger partial charge in [-0.05, 0) is 35.4 Å². The Balaban J connectivity index is 1.88. The lowest BCUT2D eigenvalue weighted by molar-refractivity contribution is 0.625. The van der Waals surface area contributed by atoms with Gasteiger partial charge < -0.3 is 5.32 Å². The summed E-state index contributed by atoms with van der Waals surface area (Å²) < 4.78 is 12.9. The van der Waals surface area contributed by atoms with Crippen molar-refractivity contribution in [3.05, 3.63) is 64.7 Å². The Morgan fingerprint density at radius 2 is 1.76 bits per heavy atom. The van der Waals surface area contributed by atoms with Crippen molar-refractivity contribution in [2.75, 3.05) is 0 Å². The van der Waals surface area contributed by atoms with Gasteiger partial charge in [0.1, 0.15) is 5.82 Å². The second-order valence-corrected chi connectivity index (χ2v) is 4.11. The van der Waals surface area contributed by atoms with E-state index in [2.05, 4.69) is 10.3 Å². The van der Waals surface area contributed by atoms with Crippen LogP contribution in [0, 0.1) is 5.82 Å². The number of nitrogens with zero attached hydrogens (tertiary/aromatic N) is 1. The second-order valence-electron chi connectivity index (χ2n) is 3.71. The van der Waals surface area contributed by atoms with E-state index < -0.39 is 0 Å². The van der Waals surface area contributed by atoms with E-state index >= 15 is 0 Å². The minimum Gasteiger partial charge on any atom is -0.309 e. The molecule has 0 aliphatic heterocycles. The van der Waals surface area contributed by atoms with Crippen LogP contribution in [0.1, 0.15) is 11.1 Å². The van der Waals surface area contributed by atoms with Crippen LogP contribution in [0.25, 0.3) is 0 Å². The normalized spacial score (nSPS) is 10.5. The third-order valence-corrected chi connectivity index (χ3v) is 2.68. The molecule has 1 heterocycles. The number of rotatable bonds is 4. The summed E-state index contributed by atoms with van der Waals surface area (Å²) in [6.07, 6.45) is 3.51. The summed E-state index contributed by atoms with van der Waals surface area (Å²) in [5.41, 5.74) is 2.12. The molecule has 2 nitrogen and oxygen atoms in total. The fourth-order valence-electron chi connectivity index (χ4n) is 1.50. The third kappa shape index (κ3) is 3.51. The van der Waals surface area contributed by atoms with Crippen molar-refractivity contribution in [3.8, 4) is 0 Å². The van der Waals surface area contributed by atoms with E-state index in [-0.39, 0.29) is 10.8 Å². The summed E-state index contributed by atoms with van der Waals surface area (Å²) in [6, 6.07) is 8.64. The number of nitrogens with one attached hydrogen (secondary N) is 1. The standard InChI is InChI=1S/C13H12ClFN2/c14-12-7-11(1-2-13(12)15)9-17-8-10-3-5-16-6-4-10/h1-7,17H,8-9H2. The van der Waals surface area contributed by atoms with Crippen LogP contribution >= 0.6 is 11.6 Å². The van der Waals surface area contributed by atoms with Gasteiger partial charge in [-0.15, -0.1) is 0 Å². The Morgan fingerprint density at radius 3 is 2.47 bits per heavy atom. The highest BCUT2D eigenvalue weighted by Gasteiger charge is 2.00. The zero-order chi connectivity index (χ0) is 12.1. The van der Waals surface area contributed by atoms with Crippen molar-refractivity contribution in [2.45, 2.75) is 13.1 Å². The van der Waals surface area contributed by atoms with Crippen molar-refractivity contribution in [3.63, 3.8) is 0 Å². The summed E-state index contributed by atoms with van der Waals surface area (Å²) in [5, 5.41) is 3.42. The zero-order valence-electron chi connectivity index (χ0n) is 9.16. The topological polar surface area (TPSA) is 24.9 Å². The molecule has 0 unspecified atom stereocenters. The molecule has 0 spiro atoms. The van der Waals surface area contributed by atoms with Gasteiger partial charge in [0.25, 0.3) is 0 Å². The van der Waals surface area contributed by atoms with E-state index in [1.807, 2.05) is 12.1 Å². The monoisotopic (exact) mass is 250 g/mol. The molecule has 1 aromatic heterocycles. The molecule has 2 rings (SSSR count).